The molecule has 4 rings (SSSR count). The van der Waals surface area contributed by atoms with Gasteiger partial charge in [-0.25, -0.2) is 13.1 Å². The van der Waals surface area contributed by atoms with Crippen molar-refractivity contribution in [3.8, 4) is 0 Å². The lowest BCUT2D eigenvalue weighted by Gasteiger charge is -2.14. The first-order valence-electron chi connectivity index (χ1n) is 9.28. The van der Waals surface area contributed by atoms with E-state index in [4.69, 9.17) is 0 Å². The molecule has 1 saturated heterocycles. The molecule has 2 fully saturated rings. The van der Waals surface area contributed by atoms with Crippen LogP contribution in [0.5, 0.6) is 0 Å². The Kier molecular flexibility index (Phi) is 4.71. The average molecular weight is 427 g/mol. The number of hydrogen-bond donors (Lipinski definition) is 1. The van der Waals surface area contributed by atoms with Crippen molar-refractivity contribution in [1.82, 2.24) is 9.78 Å². The van der Waals surface area contributed by atoms with Gasteiger partial charge in [0.05, 0.1) is 28.8 Å². The molecule has 0 bridgehead atoms. The molecule has 1 aromatic heterocycles. The molecule has 0 unspecified atom stereocenters. The number of alkyl halides is 3. The smallest absolute Gasteiger partial charge is 0.311 e. The number of aromatic nitrogens is 2. The van der Waals surface area contributed by atoms with Gasteiger partial charge in [0.1, 0.15) is 5.82 Å². The first-order chi connectivity index (χ1) is 13.5. The Morgan fingerprint density at radius 2 is 1.93 bits per heavy atom. The van der Waals surface area contributed by atoms with Gasteiger partial charge in [0, 0.05) is 12.0 Å². The first kappa shape index (κ1) is 19.9. The highest BCUT2D eigenvalue weighted by atomic mass is 32.2. The van der Waals surface area contributed by atoms with Gasteiger partial charge in [-0.3, -0.25) is 4.79 Å². The third-order valence-electron chi connectivity index (χ3n) is 5.46. The van der Waals surface area contributed by atoms with Gasteiger partial charge < -0.3 is 5.32 Å². The molecule has 6 nitrogen and oxygen atoms in total. The van der Waals surface area contributed by atoms with E-state index in [1.165, 1.54) is 12.1 Å². The normalized spacial score (nSPS) is 25.7. The third kappa shape index (κ3) is 4.17. The van der Waals surface area contributed by atoms with Crippen LogP contribution in [0.4, 0.5) is 19.0 Å². The molecule has 1 saturated carbocycles. The van der Waals surface area contributed by atoms with E-state index in [2.05, 4.69) is 10.4 Å². The number of sulfone groups is 1. The molecule has 29 heavy (non-hydrogen) atoms. The van der Waals surface area contributed by atoms with Crippen molar-refractivity contribution in [3.05, 3.63) is 47.2 Å². The number of carbonyl (C=O) groups is 1. The fourth-order valence-corrected chi connectivity index (χ4v) is 5.54. The number of halogens is 3. The summed E-state index contributed by atoms with van der Waals surface area (Å²) in [5.74, 6) is -0.147. The van der Waals surface area contributed by atoms with Gasteiger partial charge in [0.15, 0.2) is 9.84 Å². The molecule has 0 spiro atoms. The van der Waals surface area contributed by atoms with Crippen molar-refractivity contribution in [3.63, 3.8) is 0 Å². The lowest BCUT2D eigenvalue weighted by Crippen LogP contribution is -2.21. The summed E-state index contributed by atoms with van der Waals surface area (Å²) in [5, 5.41) is 7.15. The topological polar surface area (TPSA) is 81.1 Å². The Morgan fingerprint density at radius 1 is 1.24 bits per heavy atom. The van der Waals surface area contributed by atoms with Crippen molar-refractivity contribution in [1.29, 1.82) is 0 Å². The van der Waals surface area contributed by atoms with Crippen LogP contribution in [-0.4, -0.2) is 35.6 Å². The number of carbonyl (C=O) groups excluding carboxylic acids is 1. The Bertz CT molecular complexity index is 1040. The molecule has 1 aliphatic carbocycles. The second-order valence-corrected chi connectivity index (χ2v) is 9.96. The molecular weight excluding hydrogens is 407 g/mol. The van der Waals surface area contributed by atoms with E-state index < -0.39 is 21.6 Å². The largest absolute Gasteiger partial charge is 0.416 e. The summed E-state index contributed by atoms with van der Waals surface area (Å²) in [6, 6.07) is 6.27. The van der Waals surface area contributed by atoms with E-state index in [0.717, 1.165) is 12.1 Å². The molecule has 3 atom stereocenters. The molecule has 1 aliphatic heterocycles. The van der Waals surface area contributed by atoms with Crippen LogP contribution in [0.3, 0.4) is 0 Å². The van der Waals surface area contributed by atoms with Gasteiger partial charge in [-0.05, 0) is 43.4 Å². The third-order valence-corrected chi connectivity index (χ3v) is 7.21. The maximum absolute atomic E-state index is 12.7. The lowest BCUT2D eigenvalue weighted by atomic mass is 10.1. The SMILES string of the molecule is Cc1cc(NC(=O)[C@H]2C[C@@H]2c2ccc(C(F)(F)F)cc2)n([C@H]2CCS(=O)(=O)C2)n1. The number of nitrogens with zero attached hydrogens (tertiary/aromatic N) is 2. The van der Waals surface area contributed by atoms with E-state index >= 15 is 0 Å². The summed E-state index contributed by atoms with van der Waals surface area (Å²) < 4.78 is 63.2. The summed E-state index contributed by atoms with van der Waals surface area (Å²) in [6.45, 7) is 1.76. The summed E-state index contributed by atoms with van der Waals surface area (Å²) in [5.41, 5.74) is 0.651. The van der Waals surface area contributed by atoms with E-state index in [1.54, 1.807) is 17.7 Å². The monoisotopic (exact) mass is 427 g/mol. The Hall–Kier alpha value is -2.36. The van der Waals surface area contributed by atoms with Gasteiger partial charge in [-0.1, -0.05) is 12.1 Å². The van der Waals surface area contributed by atoms with E-state index in [9.17, 15) is 26.4 Å². The maximum atomic E-state index is 12.7. The van der Waals surface area contributed by atoms with Gasteiger partial charge in [-0.15, -0.1) is 0 Å². The zero-order valence-corrected chi connectivity index (χ0v) is 16.4. The van der Waals surface area contributed by atoms with E-state index in [-0.39, 0.29) is 35.3 Å². The summed E-state index contributed by atoms with van der Waals surface area (Å²) in [7, 11) is -3.10. The summed E-state index contributed by atoms with van der Waals surface area (Å²) >= 11 is 0. The number of hydrogen-bond acceptors (Lipinski definition) is 4. The van der Waals surface area contributed by atoms with Gasteiger partial charge in [0.2, 0.25) is 5.91 Å². The zero-order valence-electron chi connectivity index (χ0n) is 15.6. The van der Waals surface area contributed by atoms with Gasteiger partial charge >= 0.3 is 6.18 Å². The number of amides is 1. The average Bonchev–Trinajstić information content (AvgIpc) is 3.24. The molecule has 1 amide bonds. The second-order valence-electron chi connectivity index (χ2n) is 7.73. The Morgan fingerprint density at radius 3 is 2.52 bits per heavy atom. The molecule has 1 aromatic carbocycles. The van der Waals surface area contributed by atoms with Crippen molar-refractivity contribution in [2.45, 2.75) is 37.9 Å². The number of rotatable bonds is 4. The van der Waals surface area contributed by atoms with E-state index in [0.29, 0.717) is 29.9 Å². The highest BCUT2D eigenvalue weighted by Crippen LogP contribution is 2.48. The van der Waals surface area contributed by atoms with Crippen LogP contribution in [0.15, 0.2) is 30.3 Å². The number of benzene rings is 1. The van der Waals surface area contributed by atoms with Crippen LogP contribution in [0, 0.1) is 12.8 Å². The van der Waals surface area contributed by atoms with Crippen LogP contribution < -0.4 is 5.32 Å². The van der Waals surface area contributed by atoms with Crippen molar-refractivity contribution >= 4 is 21.6 Å². The maximum Gasteiger partial charge on any atom is 0.416 e. The molecule has 2 aliphatic rings. The minimum atomic E-state index is -4.39. The van der Waals surface area contributed by atoms with Crippen molar-refractivity contribution in [2.24, 2.45) is 5.92 Å². The van der Waals surface area contributed by atoms with Crippen molar-refractivity contribution < 1.29 is 26.4 Å². The predicted octanol–water partition coefficient (Wildman–Crippen LogP) is 3.31. The minimum absolute atomic E-state index is 0.00536. The summed E-state index contributed by atoms with van der Waals surface area (Å²) in [6.07, 6.45) is -3.38. The molecule has 0 radical (unpaired) electrons. The Labute approximate surface area is 166 Å². The zero-order chi connectivity index (χ0) is 21.0. The molecule has 10 heteroatoms. The fraction of sp³-hybridized carbons (Fsp3) is 0.474. The second kappa shape index (κ2) is 6.86. The molecule has 156 valence electrons. The highest BCUT2D eigenvalue weighted by molar-refractivity contribution is 7.91. The van der Waals surface area contributed by atoms with Crippen LogP contribution in [0.2, 0.25) is 0 Å². The molecular formula is C19H20F3N3O3S. The quantitative estimate of drug-likeness (QED) is 0.812. The van der Waals surface area contributed by atoms with Crippen LogP contribution in [0.25, 0.3) is 0 Å². The van der Waals surface area contributed by atoms with Gasteiger partial charge in [0.25, 0.3) is 0 Å². The van der Waals surface area contributed by atoms with Crippen LogP contribution in [-0.2, 0) is 20.8 Å². The minimum Gasteiger partial charge on any atom is -0.311 e. The summed E-state index contributed by atoms with van der Waals surface area (Å²) in [4.78, 5) is 12.6. The standard InChI is InChI=1S/C19H20F3N3O3S/c1-11-8-17(25(24-11)14-6-7-29(27,28)10-14)23-18(26)16-9-15(16)12-2-4-13(5-3-12)19(20,21)22/h2-5,8,14-16H,6-7,9-10H2,1H3,(H,23,26)/t14-,15+,16-/m0/s1. The molecule has 2 heterocycles. The number of nitrogens with one attached hydrogen (secondary N) is 1. The number of aryl methyl sites for hydroxylation is 1. The Balaban J connectivity index is 1.44. The molecule has 2 aromatic rings. The molecule has 1 N–H and O–H groups in total. The van der Waals surface area contributed by atoms with Crippen LogP contribution in [0.1, 0.15) is 41.6 Å². The predicted molar refractivity (Wildman–Crippen MR) is 100 cm³/mol. The number of anilines is 1. The first-order valence-corrected chi connectivity index (χ1v) is 11.1. The van der Waals surface area contributed by atoms with Crippen LogP contribution >= 0.6 is 0 Å². The van der Waals surface area contributed by atoms with E-state index in [1.807, 2.05) is 0 Å². The highest BCUT2D eigenvalue weighted by Gasteiger charge is 2.44. The van der Waals surface area contributed by atoms with Gasteiger partial charge in [-0.2, -0.15) is 18.3 Å². The fourth-order valence-electron chi connectivity index (χ4n) is 3.85. The van der Waals surface area contributed by atoms with Crippen molar-refractivity contribution in [2.75, 3.05) is 16.8 Å². The lowest BCUT2D eigenvalue weighted by molar-refractivity contribution is -0.137.